The molecule has 9 heteroatoms. The van der Waals surface area contributed by atoms with Gasteiger partial charge in [0.2, 0.25) is 11.8 Å². The molecule has 0 spiro atoms. The number of hydrogen-bond acceptors (Lipinski definition) is 5. The van der Waals surface area contributed by atoms with E-state index in [-0.39, 0.29) is 17.2 Å². The number of hydrogen-bond donors (Lipinski definition) is 3. The maximum atomic E-state index is 13.8. The predicted molar refractivity (Wildman–Crippen MR) is 172 cm³/mol. The summed E-state index contributed by atoms with van der Waals surface area (Å²) in [5.74, 6) is -1.53. The van der Waals surface area contributed by atoms with E-state index < -0.39 is 27.7 Å². The quantitative estimate of drug-likeness (QED) is 0.182. The highest BCUT2D eigenvalue weighted by Gasteiger charge is 2.24. The van der Waals surface area contributed by atoms with Crippen molar-refractivity contribution in [1.82, 2.24) is 5.32 Å². The molecule has 1 aliphatic rings. The molecule has 8 nitrogen and oxygen atoms in total. The van der Waals surface area contributed by atoms with Crippen LogP contribution in [0.25, 0.3) is 11.0 Å². The van der Waals surface area contributed by atoms with Crippen LogP contribution in [0.1, 0.15) is 61.5 Å². The molecule has 4 aromatic rings. The zero-order valence-electron chi connectivity index (χ0n) is 24.9. The van der Waals surface area contributed by atoms with Gasteiger partial charge in [0.1, 0.15) is 11.3 Å². The SMILES string of the molecule is CC(C)(C)c1ccc(C(Cc2ccc(NC(=O)CS(=O)(=O)O)cc2)C(=O)NC2=CCC(c3cc4ccccc4o3)C=C2)cc1. The van der Waals surface area contributed by atoms with E-state index in [1.807, 2.05) is 48.6 Å². The average Bonchev–Trinajstić information content (AvgIpc) is 3.40. The van der Waals surface area contributed by atoms with Gasteiger partial charge in [0, 0.05) is 22.7 Å². The molecule has 2 amide bonds. The van der Waals surface area contributed by atoms with Gasteiger partial charge in [0.25, 0.3) is 10.1 Å². The third-order valence-corrected chi connectivity index (χ3v) is 8.29. The van der Waals surface area contributed by atoms with Crippen molar-refractivity contribution >= 4 is 38.6 Å². The van der Waals surface area contributed by atoms with Gasteiger partial charge in [-0.1, -0.05) is 87.5 Å². The molecule has 0 saturated carbocycles. The molecule has 44 heavy (non-hydrogen) atoms. The number of para-hydroxylation sites is 1. The molecular formula is C35H36N2O6S. The summed E-state index contributed by atoms with van der Waals surface area (Å²) in [6.45, 7) is 6.43. The topological polar surface area (TPSA) is 126 Å². The normalized spacial score (nSPS) is 15.9. The van der Waals surface area contributed by atoms with Crippen LogP contribution in [-0.4, -0.2) is 30.5 Å². The summed E-state index contributed by atoms with van der Waals surface area (Å²) < 4.78 is 36.9. The number of benzene rings is 3. The number of anilines is 1. The third-order valence-electron chi connectivity index (χ3n) is 7.66. The Morgan fingerprint density at radius 1 is 0.977 bits per heavy atom. The van der Waals surface area contributed by atoms with E-state index in [0.29, 0.717) is 18.5 Å². The Morgan fingerprint density at radius 2 is 1.68 bits per heavy atom. The van der Waals surface area contributed by atoms with Crippen LogP contribution in [0.3, 0.4) is 0 Å². The number of amides is 2. The van der Waals surface area contributed by atoms with Crippen molar-refractivity contribution in [3.63, 3.8) is 0 Å². The monoisotopic (exact) mass is 612 g/mol. The molecule has 2 atom stereocenters. The van der Waals surface area contributed by atoms with Gasteiger partial charge in [0.15, 0.2) is 5.75 Å². The van der Waals surface area contributed by atoms with E-state index in [2.05, 4.69) is 55.7 Å². The molecule has 2 unspecified atom stereocenters. The fraction of sp³-hybridized carbons (Fsp3) is 0.257. The second kappa shape index (κ2) is 12.6. The average molecular weight is 613 g/mol. The van der Waals surface area contributed by atoms with Crippen LogP contribution in [0.4, 0.5) is 5.69 Å². The number of furan rings is 1. The van der Waals surface area contributed by atoms with Crippen LogP contribution in [0.15, 0.2) is 107 Å². The van der Waals surface area contributed by atoms with Crippen molar-refractivity contribution < 1.29 is 27.0 Å². The maximum absolute atomic E-state index is 13.8. The Bertz CT molecular complexity index is 1800. The number of nitrogens with one attached hydrogen (secondary N) is 2. The lowest BCUT2D eigenvalue weighted by atomic mass is 9.84. The lowest BCUT2D eigenvalue weighted by molar-refractivity contribution is -0.121. The maximum Gasteiger partial charge on any atom is 0.274 e. The largest absolute Gasteiger partial charge is 0.460 e. The van der Waals surface area contributed by atoms with Crippen LogP contribution in [0.5, 0.6) is 0 Å². The summed E-state index contributed by atoms with van der Waals surface area (Å²) in [7, 11) is -4.43. The Hall–Kier alpha value is -4.47. The van der Waals surface area contributed by atoms with Crippen molar-refractivity contribution in [2.75, 3.05) is 11.1 Å². The van der Waals surface area contributed by atoms with Gasteiger partial charge in [-0.25, -0.2) is 0 Å². The Kier molecular flexibility index (Phi) is 8.90. The third kappa shape index (κ3) is 7.92. The number of carbonyl (C=O) groups excluding carboxylic acids is 2. The van der Waals surface area contributed by atoms with E-state index in [1.54, 1.807) is 24.3 Å². The number of fused-ring (bicyclic) bond motifs is 1. The Labute approximate surface area is 257 Å². The second-order valence-electron chi connectivity index (χ2n) is 12.1. The molecule has 1 aromatic heterocycles. The molecule has 0 aliphatic heterocycles. The number of carbonyl (C=O) groups is 2. The fourth-order valence-corrected chi connectivity index (χ4v) is 5.64. The van der Waals surface area contributed by atoms with Gasteiger partial charge in [-0.2, -0.15) is 8.42 Å². The molecule has 0 saturated heterocycles. The number of allylic oxidation sites excluding steroid dienone is 3. The highest BCUT2D eigenvalue weighted by molar-refractivity contribution is 7.86. The smallest absolute Gasteiger partial charge is 0.274 e. The van der Waals surface area contributed by atoms with Gasteiger partial charge in [-0.05, 0) is 65.3 Å². The second-order valence-corrected chi connectivity index (χ2v) is 13.6. The summed E-state index contributed by atoms with van der Waals surface area (Å²) in [5.41, 5.74) is 4.84. The first-order valence-corrected chi connectivity index (χ1v) is 16.1. The van der Waals surface area contributed by atoms with Crippen molar-refractivity contribution in [2.24, 2.45) is 0 Å². The molecule has 5 rings (SSSR count). The van der Waals surface area contributed by atoms with Gasteiger partial charge >= 0.3 is 0 Å². The summed E-state index contributed by atoms with van der Waals surface area (Å²) >= 11 is 0. The van der Waals surface area contributed by atoms with Crippen LogP contribution < -0.4 is 10.6 Å². The van der Waals surface area contributed by atoms with E-state index in [1.165, 1.54) is 5.56 Å². The fourth-order valence-electron chi connectivity index (χ4n) is 5.24. The zero-order chi connectivity index (χ0) is 31.5. The molecular weight excluding hydrogens is 576 g/mol. The predicted octanol–water partition coefficient (Wildman–Crippen LogP) is 6.63. The van der Waals surface area contributed by atoms with Crippen LogP contribution >= 0.6 is 0 Å². The Balaban J connectivity index is 1.31. The minimum Gasteiger partial charge on any atom is -0.460 e. The van der Waals surface area contributed by atoms with Crippen molar-refractivity contribution in [2.45, 2.75) is 50.9 Å². The lowest BCUT2D eigenvalue weighted by Gasteiger charge is -2.22. The summed E-state index contributed by atoms with van der Waals surface area (Å²) in [6.07, 6.45) is 7.08. The van der Waals surface area contributed by atoms with Gasteiger partial charge in [-0.3, -0.25) is 14.1 Å². The summed E-state index contributed by atoms with van der Waals surface area (Å²) in [6, 6.07) is 24.9. The molecule has 0 bridgehead atoms. The van der Waals surface area contributed by atoms with Gasteiger partial charge in [-0.15, -0.1) is 0 Å². The van der Waals surface area contributed by atoms with Gasteiger partial charge in [0.05, 0.1) is 5.92 Å². The van der Waals surface area contributed by atoms with E-state index in [4.69, 9.17) is 8.97 Å². The first kappa shape index (κ1) is 31.0. The minimum atomic E-state index is -4.43. The van der Waals surface area contributed by atoms with E-state index in [9.17, 15) is 18.0 Å². The highest BCUT2D eigenvalue weighted by Crippen LogP contribution is 2.32. The van der Waals surface area contributed by atoms with Crippen molar-refractivity contribution in [3.05, 3.63) is 125 Å². The van der Waals surface area contributed by atoms with Crippen LogP contribution in [0.2, 0.25) is 0 Å². The van der Waals surface area contributed by atoms with Crippen molar-refractivity contribution in [1.29, 1.82) is 0 Å². The Morgan fingerprint density at radius 3 is 2.30 bits per heavy atom. The van der Waals surface area contributed by atoms with Crippen LogP contribution in [-0.2, 0) is 31.5 Å². The molecule has 0 radical (unpaired) electrons. The molecule has 0 fully saturated rings. The molecule has 3 aromatic carbocycles. The molecule has 3 N–H and O–H groups in total. The standard InChI is InChI=1S/C35H36N2O6S/c1-35(2,3)27-14-10-24(11-15-27)30(20-23-8-16-28(17-9-23)36-33(38)22-44(40,41)42)34(39)37-29-18-12-25(13-19-29)32-21-26-6-4-5-7-31(26)43-32/h4-12,14-19,21,25,30H,13,20,22H2,1-3H3,(H,36,38)(H,37,39)(H,40,41,42). The van der Waals surface area contributed by atoms with Crippen LogP contribution in [0, 0.1) is 0 Å². The first-order valence-electron chi connectivity index (χ1n) is 14.5. The van der Waals surface area contributed by atoms with Gasteiger partial charge < -0.3 is 15.1 Å². The number of rotatable bonds is 9. The highest BCUT2D eigenvalue weighted by atomic mass is 32.2. The first-order chi connectivity index (χ1) is 20.8. The van der Waals surface area contributed by atoms with E-state index in [0.717, 1.165) is 33.6 Å². The molecule has 1 aliphatic carbocycles. The molecule has 1 heterocycles. The molecule has 228 valence electrons. The van der Waals surface area contributed by atoms with E-state index >= 15 is 0 Å². The lowest BCUT2D eigenvalue weighted by Crippen LogP contribution is -2.30. The minimum absolute atomic E-state index is 0.0278. The zero-order valence-corrected chi connectivity index (χ0v) is 25.7. The summed E-state index contributed by atoms with van der Waals surface area (Å²) in [5, 5.41) is 6.62. The van der Waals surface area contributed by atoms with Crippen molar-refractivity contribution in [3.8, 4) is 0 Å². The summed E-state index contributed by atoms with van der Waals surface area (Å²) in [4.78, 5) is 25.6.